The molecular formula is C11H23NO2S2. The van der Waals surface area contributed by atoms with E-state index in [9.17, 15) is 8.42 Å². The second-order valence-corrected chi connectivity index (χ2v) is 8.29. The summed E-state index contributed by atoms with van der Waals surface area (Å²) < 4.78 is 22.3. The molecule has 0 heterocycles. The predicted octanol–water partition coefficient (Wildman–Crippen LogP) is 1.69. The molecule has 0 radical (unpaired) electrons. The van der Waals surface area contributed by atoms with Gasteiger partial charge in [0.1, 0.15) is 9.84 Å². The lowest BCUT2D eigenvalue weighted by atomic mass is 10.1. The summed E-state index contributed by atoms with van der Waals surface area (Å²) >= 11 is 1.96. The smallest absolute Gasteiger partial charge is 0.147 e. The van der Waals surface area contributed by atoms with E-state index in [4.69, 9.17) is 0 Å². The van der Waals surface area contributed by atoms with Crippen molar-refractivity contribution in [3.05, 3.63) is 0 Å². The summed E-state index contributed by atoms with van der Waals surface area (Å²) in [5.74, 6) is 0.298. The molecule has 96 valence electrons. The normalized spacial score (nSPS) is 20.1. The minimum absolute atomic E-state index is 0.298. The van der Waals surface area contributed by atoms with Crippen molar-refractivity contribution in [1.29, 1.82) is 0 Å². The molecule has 1 rings (SSSR count). The minimum Gasteiger partial charge on any atom is -0.315 e. The summed E-state index contributed by atoms with van der Waals surface area (Å²) in [5, 5.41) is 3.41. The van der Waals surface area contributed by atoms with Crippen LogP contribution in [0.4, 0.5) is 0 Å². The number of hydrogen-bond acceptors (Lipinski definition) is 4. The Hall–Kier alpha value is 0.260. The van der Waals surface area contributed by atoms with Gasteiger partial charge in [-0.25, -0.2) is 8.42 Å². The molecule has 0 unspecified atom stereocenters. The van der Waals surface area contributed by atoms with E-state index in [-0.39, 0.29) is 0 Å². The van der Waals surface area contributed by atoms with Gasteiger partial charge in [0, 0.05) is 17.5 Å². The van der Waals surface area contributed by atoms with Gasteiger partial charge in [0.25, 0.3) is 0 Å². The first kappa shape index (κ1) is 14.3. The molecule has 0 saturated heterocycles. The van der Waals surface area contributed by atoms with E-state index in [0.29, 0.717) is 10.5 Å². The molecule has 1 saturated carbocycles. The molecule has 0 aromatic rings. The van der Waals surface area contributed by atoms with Crippen LogP contribution < -0.4 is 5.32 Å². The number of rotatable bonds is 7. The number of thioether (sulfide) groups is 1. The molecule has 0 atom stereocenters. The van der Waals surface area contributed by atoms with E-state index in [0.717, 1.165) is 19.5 Å². The fraction of sp³-hybridized carbons (Fsp3) is 1.00. The third-order valence-corrected chi connectivity index (χ3v) is 5.71. The molecule has 3 nitrogen and oxygen atoms in total. The first-order chi connectivity index (χ1) is 7.47. The van der Waals surface area contributed by atoms with Gasteiger partial charge in [0.2, 0.25) is 0 Å². The SMILES string of the molecule is CSC1(CNCCCS(C)(=O)=O)CCCC1. The van der Waals surface area contributed by atoms with Crippen LogP contribution in [-0.4, -0.2) is 44.5 Å². The maximum absolute atomic E-state index is 10.9. The van der Waals surface area contributed by atoms with Gasteiger partial charge in [-0.2, -0.15) is 11.8 Å². The largest absolute Gasteiger partial charge is 0.315 e. The third-order valence-electron chi connectivity index (χ3n) is 3.26. The minimum atomic E-state index is -2.79. The lowest BCUT2D eigenvalue weighted by Gasteiger charge is -2.27. The van der Waals surface area contributed by atoms with Crippen molar-refractivity contribution in [3.8, 4) is 0 Å². The molecule has 0 bridgehead atoms. The molecule has 1 fully saturated rings. The fourth-order valence-electron chi connectivity index (χ4n) is 2.25. The van der Waals surface area contributed by atoms with Crippen molar-refractivity contribution < 1.29 is 8.42 Å². The van der Waals surface area contributed by atoms with Crippen LogP contribution in [-0.2, 0) is 9.84 Å². The predicted molar refractivity (Wildman–Crippen MR) is 71.9 cm³/mol. The van der Waals surface area contributed by atoms with Crippen molar-refractivity contribution in [1.82, 2.24) is 5.32 Å². The van der Waals surface area contributed by atoms with E-state index in [1.165, 1.54) is 31.9 Å². The first-order valence-electron chi connectivity index (χ1n) is 5.91. The van der Waals surface area contributed by atoms with Gasteiger partial charge in [-0.05, 0) is 32.1 Å². The lowest BCUT2D eigenvalue weighted by molar-refractivity contribution is 0.531. The second kappa shape index (κ2) is 6.26. The summed E-state index contributed by atoms with van der Waals surface area (Å²) in [4.78, 5) is 0. The summed E-state index contributed by atoms with van der Waals surface area (Å²) in [7, 11) is -2.79. The van der Waals surface area contributed by atoms with Gasteiger partial charge < -0.3 is 5.32 Å². The Kier molecular flexibility index (Phi) is 5.61. The van der Waals surface area contributed by atoms with Crippen LogP contribution in [0, 0.1) is 0 Å². The van der Waals surface area contributed by atoms with Crippen molar-refractivity contribution in [2.75, 3.05) is 31.4 Å². The molecule has 1 aliphatic carbocycles. The zero-order valence-electron chi connectivity index (χ0n) is 10.3. The Morgan fingerprint density at radius 1 is 1.31 bits per heavy atom. The summed E-state index contributed by atoms with van der Waals surface area (Å²) in [6.07, 6.45) is 9.48. The zero-order chi connectivity index (χ0) is 12.1. The van der Waals surface area contributed by atoms with E-state index in [2.05, 4.69) is 11.6 Å². The molecule has 0 spiro atoms. The van der Waals surface area contributed by atoms with Crippen LogP contribution in [0.1, 0.15) is 32.1 Å². The first-order valence-corrected chi connectivity index (χ1v) is 9.20. The van der Waals surface area contributed by atoms with Gasteiger partial charge in [-0.3, -0.25) is 0 Å². The summed E-state index contributed by atoms with van der Waals surface area (Å²) in [6.45, 7) is 1.84. The van der Waals surface area contributed by atoms with Crippen LogP contribution in [0.15, 0.2) is 0 Å². The highest BCUT2D eigenvalue weighted by atomic mass is 32.2. The third kappa shape index (κ3) is 5.06. The molecule has 0 aliphatic heterocycles. The average molecular weight is 265 g/mol. The highest BCUT2D eigenvalue weighted by Crippen LogP contribution is 2.39. The second-order valence-electron chi connectivity index (χ2n) is 4.75. The maximum Gasteiger partial charge on any atom is 0.147 e. The van der Waals surface area contributed by atoms with Gasteiger partial charge in [-0.15, -0.1) is 0 Å². The number of nitrogens with one attached hydrogen (secondary N) is 1. The van der Waals surface area contributed by atoms with Crippen molar-refractivity contribution >= 4 is 21.6 Å². The summed E-state index contributed by atoms with van der Waals surface area (Å²) in [6, 6.07) is 0. The van der Waals surface area contributed by atoms with Gasteiger partial charge in [-0.1, -0.05) is 12.8 Å². The van der Waals surface area contributed by atoms with Crippen LogP contribution in [0.25, 0.3) is 0 Å². The molecule has 5 heteroatoms. The van der Waals surface area contributed by atoms with E-state index < -0.39 is 9.84 Å². The Bertz CT molecular complexity index is 295. The topological polar surface area (TPSA) is 46.2 Å². The van der Waals surface area contributed by atoms with Crippen LogP contribution in [0.5, 0.6) is 0 Å². The molecule has 1 aliphatic rings. The standard InChI is InChI=1S/C11H23NO2S2/c1-15-11(6-3-4-7-11)10-12-8-5-9-16(2,13)14/h12H,3-10H2,1-2H3. The Balaban J connectivity index is 2.15. The monoisotopic (exact) mass is 265 g/mol. The molecule has 16 heavy (non-hydrogen) atoms. The molecule has 0 aromatic heterocycles. The maximum atomic E-state index is 10.9. The molecule has 0 aromatic carbocycles. The van der Waals surface area contributed by atoms with E-state index in [1.54, 1.807) is 0 Å². The Morgan fingerprint density at radius 2 is 1.94 bits per heavy atom. The Labute approximate surface area is 104 Å². The van der Waals surface area contributed by atoms with E-state index in [1.807, 2.05) is 11.8 Å². The van der Waals surface area contributed by atoms with Crippen LogP contribution >= 0.6 is 11.8 Å². The highest BCUT2D eigenvalue weighted by Gasteiger charge is 2.32. The zero-order valence-corrected chi connectivity index (χ0v) is 11.9. The molecule has 1 N–H and O–H groups in total. The Morgan fingerprint density at radius 3 is 2.44 bits per heavy atom. The lowest BCUT2D eigenvalue weighted by Crippen LogP contribution is -2.35. The van der Waals surface area contributed by atoms with Crippen molar-refractivity contribution in [3.63, 3.8) is 0 Å². The van der Waals surface area contributed by atoms with Crippen molar-refractivity contribution in [2.24, 2.45) is 0 Å². The van der Waals surface area contributed by atoms with Crippen LogP contribution in [0.3, 0.4) is 0 Å². The van der Waals surface area contributed by atoms with Gasteiger partial charge >= 0.3 is 0 Å². The van der Waals surface area contributed by atoms with Crippen molar-refractivity contribution in [2.45, 2.75) is 36.9 Å². The highest BCUT2D eigenvalue weighted by molar-refractivity contribution is 8.00. The number of sulfone groups is 1. The van der Waals surface area contributed by atoms with Crippen LogP contribution in [0.2, 0.25) is 0 Å². The summed E-state index contributed by atoms with van der Waals surface area (Å²) in [5.41, 5.74) is 0. The average Bonchev–Trinajstić information content (AvgIpc) is 2.65. The number of hydrogen-bond donors (Lipinski definition) is 1. The van der Waals surface area contributed by atoms with E-state index >= 15 is 0 Å². The van der Waals surface area contributed by atoms with Gasteiger partial charge in [0.05, 0.1) is 5.75 Å². The molecular weight excluding hydrogens is 242 g/mol. The molecule has 0 amide bonds. The quantitative estimate of drug-likeness (QED) is 0.712. The van der Waals surface area contributed by atoms with Gasteiger partial charge in [0.15, 0.2) is 0 Å². The fourth-order valence-corrected chi connectivity index (χ4v) is 3.86.